The number of methoxy groups -OCH3 is 3. The van der Waals surface area contributed by atoms with Gasteiger partial charge in [-0.2, -0.15) is 0 Å². The molecule has 8 nitrogen and oxygen atoms in total. The summed E-state index contributed by atoms with van der Waals surface area (Å²) in [5, 5.41) is 0.685. The normalized spacial score (nSPS) is 15.4. The van der Waals surface area contributed by atoms with Crippen LogP contribution in [0.5, 0.6) is 17.2 Å². The monoisotopic (exact) mass is 453 g/mol. The maximum atomic E-state index is 13.6. The summed E-state index contributed by atoms with van der Waals surface area (Å²) in [5.74, 6) is 1.03. The highest BCUT2D eigenvalue weighted by Gasteiger charge is 2.27. The topological polar surface area (TPSA) is 87.4 Å². The van der Waals surface area contributed by atoms with E-state index in [1.807, 2.05) is 6.07 Å². The van der Waals surface area contributed by atoms with Crippen molar-refractivity contribution in [1.82, 2.24) is 4.90 Å². The van der Waals surface area contributed by atoms with E-state index in [-0.39, 0.29) is 18.2 Å². The third kappa shape index (κ3) is 4.80. The standard InChI is InChI=1S/C25H27NO7/c1-29-21-11-16(12-22(30-2)23(21)31-3)14-26(15-18-8-6-10-32-18)24(27)19-13-17-7-4-5-9-20(17)33-25(19)28/h4-5,7,9,11-13,18H,6,8,10,14-15H2,1-3H3. The first-order valence-electron chi connectivity index (χ1n) is 10.8. The van der Waals surface area contributed by atoms with Gasteiger partial charge in [-0.15, -0.1) is 0 Å². The Kier molecular flexibility index (Phi) is 6.84. The van der Waals surface area contributed by atoms with E-state index in [0.717, 1.165) is 18.4 Å². The molecular formula is C25H27NO7. The van der Waals surface area contributed by atoms with Crippen LogP contribution in [0.2, 0.25) is 0 Å². The van der Waals surface area contributed by atoms with Crippen LogP contribution in [-0.4, -0.2) is 51.4 Å². The Bertz CT molecular complexity index is 1170. The van der Waals surface area contributed by atoms with Gasteiger partial charge in [-0.05, 0) is 42.7 Å². The van der Waals surface area contributed by atoms with Crippen molar-refractivity contribution in [1.29, 1.82) is 0 Å². The van der Waals surface area contributed by atoms with Crippen LogP contribution >= 0.6 is 0 Å². The van der Waals surface area contributed by atoms with Crippen molar-refractivity contribution in [3.05, 3.63) is 64.0 Å². The third-order valence-electron chi connectivity index (χ3n) is 5.71. The second-order valence-electron chi connectivity index (χ2n) is 7.84. The average Bonchev–Trinajstić information content (AvgIpc) is 3.35. The Labute approximate surface area is 191 Å². The summed E-state index contributed by atoms with van der Waals surface area (Å²) >= 11 is 0. The van der Waals surface area contributed by atoms with E-state index in [1.54, 1.807) is 41.3 Å². The summed E-state index contributed by atoms with van der Waals surface area (Å²) in [6.07, 6.45) is 1.70. The molecule has 1 amide bonds. The quantitative estimate of drug-likeness (QED) is 0.481. The highest BCUT2D eigenvalue weighted by Crippen LogP contribution is 2.38. The number of hydrogen-bond acceptors (Lipinski definition) is 7. The van der Waals surface area contributed by atoms with Crippen molar-refractivity contribution in [2.24, 2.45) is 0 Å². The molecule has 8 heteroatoms. The number of benzene rings is 2. The lowest BCUT2D eigenvalue weighted by Crippen LogP contribution is -2.38. The fourth-order valence-corrected chi connectivity index (χ4v) is 4.08. The molecule has 1 saturated heterocycles. The zero-order valence-electron chi connectivity index (χ0n) is 19.0. The number of ether oxygens (including phenoxy) is 4. The molecular weight excluding hydrogens is 426 g/mol. The predicted molar refractivity (Wildman–Crippen MR) is 122 cm³/mol. The molecule has 0 spiro atoms. The van der Waals surface area contributed by atoms with Gasteiger partial charge in [0, 0.05) is 25.1 Å². The van der Waals surface area contributed by atoms with E-state index >= 15 is 0 Å². The molecule has 4 rings (SSSR count). The Hall–Kier alpha value is -3.52. The van der Waals surface area contributed by atoms with Gasteiger partial charge in [-0.1, -0.05) is 18.2 Å². The number of amides is 1. The van der Waals surface area contributed by atoms with Crippen LogP contribution in [0.1, 0.15) is 28.8 Å². The summed E-state index contributed by atoms with van der Waals surface area (Å²) in [5.41, 5.74) is 0.524. The Morgan fingerprint density at radius 1 is 1.06 bits per heavy atom. The van der Waals surface area contributed by atoms with Crippen LogP contribution in [0.25, 0.3) is 11.0 Å². The van der Waals surface area contributed by atoms with Gasteiger partial charge in [0.1, 0.15) is 11.1 Å². The average molecular weight is 453 g/mol. The molecule has 3 aromatic rings. The van der Waals surface area contributed by atoms with E-state index in [2.05, 4.69) is 0 Å². The van der Waals surface area contributed by atoms with Crippen molar-refractivity contribution >= 4 is 16.9 Å². The lowest BCUT2D eigenvalue weighted by molar-refractivity contribution is 0.0504. The van der Waals surface area contributed by atoms with Crippen LogP contribution in [-0.2, 0) is 11.3 Å². The SMILES string of the molecule is COc1cc(CN(CC2CCCO2)C(=O)c2cc3ccccc3oc2=O)cc(OC)c1OC. The Balaban J connectivity index is 1.71. The minimum absolute atomic E-state index is 0.0147. The van der Waals surface area contributed by atoms with E-state index < -0.39 is 11.5 Å². The third-order valence-corrected chi connectivity index (χ3v) is 5.71. The van der Waals surface area contributed by atoms with Gasteiger partial charge in [0.2, 0.25) is 5.75 Å². The molecule has 1 aliphatic rings. The first-order valence-corrected chi connectivity index (χ1v) is 10.8. The molecule has 1 aromatic heterocycles. The van der Waals surface area contributed by atoms with E-state index in [4.69, 9.17) is 23.4 Å². The lowest BCUT2D eigenvalue weighted by Gasteiger charge is -2.26. The fraction of sp³-hybridized carbons (Fsp3) is 0.360. The summed E-state index contributed by atoms with van der Waals surface area (Å²) in [6, 6.07) is 12.3. The number of carbonyl (C=O) groups excluding carboxylic acids is 1. The molecule has 2 aromatic carbocycles. The number of hydrogen-bond donors (Lipinski definition) is 0. The van der Waals surface area contributed by atoms with Crippen LogP contribution in [0, 0.1) is 0 Å². The van der Waals surface area contributed by atoms with Crippen molar-refractivity contribution in [3.63, 3.8) is 0 Å². The molecule has 1 aliphatic heterocycles. The van der Waals surface area contributed by atoms with Crippen molar-refractivity contribution in [2.45, 2.75) is 25.5 Å². The number of nitrogens with zero attached hydrogens (tertiary/aromatic N) is 1. The maximum Gasteiger partial charge on any atom is 0.349 e. The summed E-state index contributed by atoms with van der Waals surface area (Å²) < 4.78 is 27.5. The van der Waals surface area contributed by atoms with Gasteiger partial charge in [-0.25, -0.2) is 4.79 Å². The van der Waals surface area contributed by atoms with Crippen molar-refractivity contribution < 1.29 is 28.2 Å². The molecule has 0 N–H and O–H groups in total. The highest BCUT2D eigenvalue weighted by molar-refractivity contribution is 5.96. The molecule has 174 valence electrons. The van der Waals surface area contributed by atoms with Crippen LogP contribution in [0.15, 0.2) is 51.7 Å². The molecule has 33 heavy (non-hydrogen) atoms. The summed E-state index contributed by atoms with van der Waals surface area (Å²) in [4.78, 5) is 27.8. The second-order valence-corrected chi connectivity index (χ2v) is 7.84. The molecule has 2 heterocycles. The minimum Gasteiger partial charge on any atom is -0.493 e. The van der Waals surface area contributed by atoms with E-state index in [9.17, 15) is 9.59 Å². The molecule has 1 atom stereocenters. The molecule has 0 saturated carbocycles. The van der Waals surface area contributed by atoms with Crippen LogP contribution in [0.3, 0.4) is 0 Å². The van der Waals surface area contributed by atoms with E-state index in [1.165, 1.54) is 21.3 Å². The number of rotatable bonds is 8. The second kappa shape index (κ2) is 9.95. The zero-order chi connectivity index (χ0) is 23.4. The number of para-hydroxylation sites is 1. The lowest BCUT2D eigenvalue weighted by atomic mass is 10.1. The molecule has 1 fully saturated rings. The summed E-state index contributed by atoms with van der Waals surface area (Å²) in [6.45, 7) is 1.23. The van der Waals surface area contributed by atoms with Gasteiger partial charge in [0.25, 0.3) is 5.91 Å². The smallest absolute Gasteiger partial charge is 0.349 e. The molecule has 0 radical (unpaired) electrons. The van der Waals surface area contributed by atoms with Gasteiger partial charge in [0.05, 0.1) is 27.4 Å². The molecule has 1 unspecified atom stereocenters. The van der Waals surface area contributed by atoms with Crippen molar-refractivity contribution in [2.75, 3.05) is 34.5 Å². The predicted octanol–water partition coefficient (Wildman–Crippen LogP) is 3.64. The summed E-state index contributed by atoms with van der Waals surface area (Å²) in [7, 11) is 4.61. The first kappa shape index (κ1) is 22.7. The molecule has 0 bridgehead atoms. The largest absolute Gasteiger partial charge is 0.493 e. The fourth-order valence-electron chi connectivity index (χ4n) is 4.08. The first-order chi connectivity index (χ1) is 16.0. The zero-order valence-corrected chi connectivity index (χ0v) is 19.0. The van der Waals surface area contributed by atoms with Gasteiger partial charge in [-0.3, -0.25) is 4.79 Å². The van der Waals surface area contributed by atoms with Gasteiger partial charge < -0.3 is 28.3 Å². The van der Waals surface area contributed by atoms with Gasteiger partial charge >= 0.3 is 5.63 Å². The Morgan fingerprint density at radius 3 is 2.42 bits per heavy atom. The number of fused-ring (bicyclic) bond motifs is 1. The van der Waals surface area contributed by atoms with Crippen LogP contribution in [0.4, 0.5) is 0 Å². The Morgan fingerprint density at radius 2 is 1.79 bits per heavy atom. The maximum absolute atomic E-state index is 13.6. The molecule has 0 aliphatic carbocycles. The minimum atomic E-state index is -0.666. The van der Waals surface area contributed by atoms with Gasteiger partial charge in [0.15, 0.2) is 11.5 Å². The van der Waals surface area contributed by atoms with Crippen molar-refractivity contribution in [3.8, 4) is 17.2 Å². The highest BCUT2D eigenvalue weighted by atomic mass is 16.5. The van der Waals surface area contributed by atoms with E-state index in [0.29, 0.717) is 41.4 Å². The number of carbonyl (C=O) groups is 1. The van der Waals surface area contributed by atoms with Crippen LogP contribution < -0.4 is 19.8 Å².